The molecule has 0 aliphatic carbocycles. The molecule has 0 spiro atoms. The summed E-state index contributed by atoms with van der Waals surface area (Å²) in [4.78, 5) is 10.9. The van der Waals surface area contributed by atoms with Crippen molar-refractivity contribution in [3.8, 4) is 0 Å². The maximum atomic E-state index is 10.9. The molecule has 2 rings (SSSR count). The Kier molecular flexibility index (Phi) is 3.16. The topological polar surface area (TPSA) is 17.1 Å². The van der Waals surface area contributed by atoms with Crippen molar-refractivity contribution in [1.82, 2.24) is 0 Å². The fraction of sp³-hybridized carbons (Fsp3) is 0.133. The van der Waals surface area contributed by atoms with Crippen LogP contribution in [0.5, 0.6) is 0 Å². The van der Waals surface area contributed by atoms with E-state index >= 15 is 0 Å². The molecule has 0 N–H and O–H groups in total. The van der Waals surface area contributed by atoms with Crippen LogP contribution in [0.3, 0.4) is 0 Å². The number of carbonyl (C=O) groups excluding carboxylic acids is 1. The molecule has 16 heavy (non-hydrogen) atoms. The summed E-state index contributed by atoms with van der Waals surface area (Å²) in [5.74, 6) is 0. The van der Waals surface area contributed by atoms with E-state index < -0.39 is 0 Å². The molecular formula is C15H14O. The molecule has 0 aliphatic heterocycles. The average Bonchev–Trinajstić information content (AvgIpc) is 2.33. The van der Waals surface area contributed by atoms with Gasteiger partial charge in [0.15, 0.2) is 0 Å². The summed E-state index contributed by atoms with van der Waals surface area (Å²) < 4.78 is 0. The van der Waals surface area contributed by atoms with Gasteiger partial charge >= 0.3 is 0 Å². The molecule has 2 aromatic carbocycles. The molecule has 2 aromatic rings. The van der Waals surface area contributed by atoms with Gasteiger partial charge in [-0.2, -0.15) is 0 Å². The van der Waals surface area contributed by atoms with Crippen LogP contribution in [0, 0.1) is 6.92 Å². The highest BCUT2D eigenvalue weighted by molar-refractivity contribution is 5.77. The maximum Gasteiger partial charge on any atom is 0.150 e. The average molecular weight is 210 g/mol. The van der Waals surface area contributed by atoms with Crippen molar-refractivity contribution < 1.29 is 4.79 Å². The van der Waals surface area contributed by atoms with Crippen LogP contribution in [0.1, 0.15) is 27.0 Å². The van der Waals surface area contributed by atoms with E-state index in [0.717, 1.165) is 23.8 Å². The Morgan fingerprint density at radius 3 is 2.38 bits per heavy atom. The van der Waals surface area contributed by atoms with Crippen LogP contribution in [-0.4, -0.2) is 6.29 Å². The highest BCUT2D eigenvalue weighted by Crippen LogP contribution is 2.13. The lowest BCUT2D eigenvalue weighted by atomic mass is 10.00. The summed E-state index contributed by atoms with van der Waals surface area (Å²) >= 11 is 0. The van der Waals surface area contributed by atoms with Crippen LogP contribution in [0.2, 0.25) is 0 Å². The maximum absolute atomic E-state index is 10.9. The van der Waals surface area contributed by atoms with Gasteiger partial charge in [0.2, 0.25) is 0 Å². The summed E-state index contributed by atoms with van der Waals surface area (Å²) in [6.45, 7) is 2.07. The number of rotatable bonds is 3. The third-order valence-electron chi connectivity index (χ3n) is 2.70. The Labute approximate surface area is 95.7 Å². The zero-order chi connectivity index (χ0) is 11.4. The number of aryl methyl sites for hydroxylation is 1. The summed E-state index contributed by atoms with van der Waals surface area (Å²) in [6.07, 6.45) is 1.73. The quantitative estimate of drug-likeness (QED) is 0.710. The second-order valence-electron chi connectivity index (χ2n) is 3.98. The lowest BCUT2D eigenvalue weighted by Gasteiger charge is -2.05. The van der Waals surface area contributed by atoms with E-state index in [-0.39, 0.29) is 0 Å². The standard InChI is InChI=1S/C15H14O/c1-12-6-8-13(9-7-12)10-14-4-2-3-5-15(14)11-16/h2-9,11H,10H2,1H3. The predicted molar refractivity (Wildman–Crippen MR) is 65.8 cm³/mol. The van der Waals surface area contributed by atoms with Gasteiger partial charge in [-0.25, -0.2) is 0 Å². The minimum Gasteiger partial charge on any atom is -0.298 e. The van der Waals surface area contributed by atoms with Crippen LogP contribution in [-0.2, 0) is 6.42 Å². The molecule has 1 heteroatoms. The molecule has 0 atom stereocenters. The van der Waals surface area contributed by atoms with Gasteiger partial charge < -0.3 is 0 Å². The number of hydrogen-bond donors (Lipinski definition) is 0. The molecule has 0 saturated carbocycles. The van der Waals surface area contributed by atoms with E-state index in [1.54, 1.807) is 0 Å². The lowest BCUT2D eigenvalue weighted by molar-refractivity contribution is 0.112. The van der Waals surface area contributed by atoms with Gasteiger partial charge in [-0.05, 0) is 24.5 Å². The molecule has 1 nitrogen and oxygen atoms in total. The first-order chi connectivity index (χ1) is 7.79. The largest absolute Gasteiger partial charge is 0.298 e. The van der Waals surface area contributed by atoms with Crippen molar-refractivity contribution >= 4 is 6.29 Å². The second-order valence-corrected chi connectivity index (χ2v) is 3.98. The molecule has 0 fully saturated rings. The Hall–Kier alpha value is -1.89. The van der Waals surface area contributed by atoms with Gasteiger partial charge in [0.1, 0.15) is 6.29 Å². The Balaban J connectivity index is 2.26. The van der Waals surface area contributed by atoms with E-state index in [2.05, 4.69) is 31.2 Å². The van der Waals surface area contributed by atoms with Gasteiger partial charge in [0.05, 0.1) is 0 Å². The van der Waals surface area contributed by atoms with Crippen LogP contribution in [0.4, 0.5) is 0 Å². The molecule has 0 radical (unpaired) electrons. The lowest BCUT2D eigenvalue weighted by Crippen LogP contribution is -1.93. The first-order valence-corrected chi connectivity index (χ1v) is 5.38. The summed E-state index contributed by atoms with van der Waals surface area (Å²) in [5.41, 5.74) is 4.36. The highest BCUT2D eigenvalue weighted by atomic mass is 16.1. The first kappa shape index (κ1) is 10.6. The van der Waals surface area contributed by atoms with Crippen molar-refractivity contribution in [2.75, 3.05) is 0 Å². The van der Waals surface area contributed by atoms with Gasteiger partial charge in [-0.3, -0.25) is 4.79 Å². The Morgan fingerprint density at radius 1 is 1.00 bits per heavy atom. The minimum absolute atomic E-state index is 0.781. The smallest absolute Gasteiger partial charge is 0.150 e. The van der Waals surface area contributed by atoms with Gasteiger partial charge in [0.25, 0.3) is 0 Å². The molecule has 0 saturated heterocycles. The second kappa shape index (κ2) is 4.75. The number of hydrogen-bond acceptors (Lipinski definition) is 1. The van der Waals surface area contributed by atoms with E-state index in [4.69, 9.17) is 0 Å². The van der Waals surface area contributed by atoms with Crippen LogP contribution >= 0.6 is 0 Å². The summed E-state index contributed by atoms with van der Waals surface area (Å²) in [5, 5.41) is 0. The first-order valence-electron chi connectivity index (χ1n) is 5.38. The van der Waals surface area contributed by atoms with Crippen LogP contribution < -0.4 is 0 Å². The number of aldehydes is 1. The summed E-state index contributed by atoms with van der Waals surface area (Å²) in [7, 11) is 0. The Morgan fingerprint density at radius 2 is 1.69 bits per heavy atom. The van der Waals surface area contributed by atoms with Crippen molar-refractivity contribution in [3.63, 3.8) is 0 Å². The highest BCUT2D eigenvalue weighted by Gasteiger charge is 2.01. The monoisotopic (exact) mass is 210 g/mol. The van der Waals surface area contributed by atoms with Crippen LogP contribution in [0.25, 0.3) is 0 Å². The summed E-state index contributed by atoms with van der Waals surface area (Å²) in [6, 6.07) is 16.1. The fourth-order valence-electron chi connectivity index (χ4n) is 1.74. The molecule has 0 aliphatic rings. The van der Waals surface area contributed by atoms with Crippen molar-refractivity contribution in [3.05, 3.63) is 70.8 Å². The van der Waals surface area contributed by atoms with Crippen LogP contribution in [0.15, 0.2) is 48.5 Å². The normalized spacial score (nSPS) is 10.1. The molecule has 0 unspecified atom stereocenters. The molecule has 0 amide bonds. The van der Waals surface area contributed by atoms with E-state index in [1.807, 2.05) is 24.3 Å². The third-order valence-corrected chi connectivity index (χ3v) is 2.70. The van der Waals surface area contributed by atoms with E-state index in [0.29, 0.717) is 0 Å². The zero-order valence-electron chi connectivity index (χ0n) is 9.31. The predicted octanol–water partition coefficient (Wildman–Crippen LogP) is 3.40. The van der Waals surface area contributed by atoms with Crippen molar-refractivity contribution in [2.45, 2.75) is 13.3 Å². The zero-order valence-corrected chi connectivity index (χ0v) is 9.31. The van der Waals surface area contributed by atoms with E-state index in [9.17, 15) is 4.79 Å². The molecule has 0 aromatic heterocycles. The van der Waals surface area contributed by atoms with E-state index in [1.165, 1.54) is 11.1 Å². The number of benzene rings is 2. The minimum atomic E-state index is 0.781. The SMILES string of the molecule is Cc1ccc(Cc2ccccc2C=O)cc1. The Bertz CT molecular complexity index is 483. The van der Waals surface area contributed by atoms with Gasteiger partial charge in [-0.15, -0.1) is 0 Å². The third kappa shape index (κ3) is 2.37. The van der Waals surface area contributed by atoms with Crippen molar-refractivity contribution in [2.24, 2.45) is 0 Å². The molecule has 0 heterocycles. The van der Waals surface area contributed by atoms with Gasteiger partial charge in [0, 0.05) is 5.56 Å². The number of carbonyl (C=O) groups is 1. The molecule has 0 bridgehead atoms. The molecular weight excluding hydrogens is 196 g/mol. The van der Waals surface area contributed by atoms with Crippen molar-refractivity contribution in [1.29, 1.82) is 0 Å². The molecule has 80 valence electrons. The van der Waals surface area contributed by atoms with Gasteiger partial charge in [-0.1, -0.05) is 54.1 Å². The fourth-order valence-corrected chi connectivity index (χ4v) is 1.74.